The maximum atomic E-state index is 5.53. The molecule has 0 radical (unpaired) electrons. The summed E-state index contributed by atoms with van der Waals surface area (Å²) in [6, 6.07) is 0.447. The van der Waals surface area contributed by atoms with Gasteiger partial charge in [0.15, 0.2) is 5.96 Å². The summed E-state index contributed by atoms with van der Waals surface area (Å²) >= 11 is 0. The minimum Gasteiger partial charge on any atom is -0.380 e. The van der Waals surface area contributed by atoms with Crippen LogP contribution in [-0.2, 0) is 4.74 Å². The van der Waals surface area contributed by atoms with E-state index >= 15 is 0 Å². The third kappa shape index (κ3) is 10.1. The first-order chi connectivity index (χ1) is 8.10. The zero-order chi connectivity index (χ0) is 13.1. The van der Waals surface area contributed by atoms with Gasteiger partial charge in [0, 0.05) is 26.2 Å². The summed E-state index contributed by atoms with van der Waals surface area (Å²) < 4.78 is 5.53. The second kappa shape index (κ2) is 10.4. The number of hydrogen-bond donors (Lipinski definition) is 2. The Hall–Kier alpha value is -0.770. The van der Waals surface area contributed by atoms with Crippen molar-refractivity contribution in [3.8, 4) is 0 Å². The Labute approximate surface area is 106 Å². The first kappa shape index (κ1) is 16.2. The molecule has 4 nitrogen and oxygen atoms in total. The second-order valence-electron chi connectivity index (χ2n) is 4.75. The van der Waals surface area contributed by atoms with Gasteiger partial charge in [-0.15, -0.1) is 0 Å². The molecular formula is C13H29N3O. The fraction of sp³-hybridized carbons (Fsp3) is 0.923. The van der Waals surface area contributed by atoms with Crippen molar-refractivity contribution in [1.82, 2.24) is 10.6 Å². The molecule has 0 saturated carbocycles. The van der Waals surface area contributed by atoms with E-state index < -0.39 is 0 Å². The summed E-state index contributed by atoms with van der Waals surface area (Å²) in [6.45, 7) is 11.1. The monoisotopic (exact) mass is 243 g/mol. The molecule has 0 aliphatic heterocycles. The molecule has 0 rings (SSSR count). The second-order valence-corrected chi connectivity index (χ2v) is 4.75. The molecule has 0 bridgehead atoms. The lowest BCUT2D eigenvalue weighted by molar-refractivity contribution is 0.128. The molecule has 102 valence electrons. The van der Waals surface area contributed by atoms with Crippen molar-refractivity contribution in [2.45, 2.75) is 46.6 Å². The zero-order valence-electron chi connectivity index (χ0n) is 12.0. The van der Waals surface area contributed by atoms with E-state index in [-0.39, 0.29) is 0 Å². The van der Waals surface area contributed by atoms with Crippen molar-refractivity contribution in [1.29, 1.82) is 0 Å². The van der Waals surface area contributed by atoms with Crippen LogP contribution in [0.4, 0.5) is 0 Å². The Morgan fingerprint density at radius 3 is 2.47 bits per heavy atom. The van der Waals surface area contributed by atoms with Gasteiger partial charge in [-0.25, -0.2) is 0 Å². The molecule has 0 aromatic heterocycles. The van der Waals surface area contributed by atoms with Crippen molar-refractivity contribution in [2.24, 2.45) is 10.9 Å². The molecule has 0 aromatic carbocycles. The van der Waals surface area contributed by atoms with E-state index in [1.807, 2.05) is 0 Å². The lowest BCUT2D eigenvalue weighted by atomic mass is 10.1. The molecule has 2 N–H and O–H groups in total. The molecule has 0 aliphatic carbocycles. The third-order valence-electron chi connectivity index (χ3n) is 2.60. The first-order valence-corrected chi connectivity index (χ1v) is 6.65. The highest BCUT2D eigenvalue weighted by molar-refractivity contribution is 5.79. The predicted octanol–water partition coefficient (Wildman–Crippen LogP) is 2.01. The third-order valence-corrected chi connectivity index (χ3v) is 2.60. The van der Waals surface area contributed by atoms with Gasteiger partial charge in [-0.05, 0) is 25.7 Å². The normalized spacial score (nSPS) is 13.9. The molecule has 0 fully saturated rings. The van der Waals surface area contributed by atoms with E-state index in [1.165, 1.54) is 0 Å². The lowest BCUT2D eigenvalue weighted by Crippen LogP contribution is -2.43. The molecule has 17 heavy (non-hydrogen) atoms. The number of nitrogens with zero attached hydrogens (tertiary/aromatic N) is 1. The fourth-order valence-corrected chi connectivity index (χ4v) is 1.19. The Kier molecular flexibility index (Phi) is 9.92. The minimum atomic E-state index is 0.447. The summed E-state index contributed by atoms with van der Waals surface area (Å²) in [4.78, 5) is 4.16. The van der Waals surface area contributed by atoms with Crippen LogP contribution in [0.1, 0.15) is 40.5 Å². The quantitative estimate of drug-likeness (QED) is 0.389. The number of aliphatic imine (C=N–C) groups is 1. The highest BCUT2D eigenvalue weighted by Crippen LogP contribution is 1.98. The molecule has 0 spiro atoms. The van der Waals surface area contributed by atoms with Gasteiger partial charge in [-0.3, -0.25) is 4.99 Å². The first-order valence-electron chi connectivity index (χ1n) is 6.65. The molecule has 0 aliphatic rings. The molecule has 4 heteroatoms. The summed E-state index contributed by atoms with van der Waals surface area (Å²) in [6.07, 6.45) is 2.21. The average Bonchev–Trinajstić information content (AvgIpc) is 2.31. The molecule has 1 atom stereocenters. The van der Waals surface area contributed by atoms with Crippen LogP contribution in [0, 0.1) is 5.92 Å². The van der Waals surface area contributed by atoms with E-state index in [9.17, 15) is 0 Å². The standard InChI is InChI=1S/C13H29N3O/c1-6-12(4)16-13(14-5)15-8-10-17-9-7-11(2)3/h11-12H,6-10H2,1-5H3,(H2,14,15,16). The fourth-order valence-electron chi connectivity index (χ4n) is 1.19. The van der Waals surface area contributed by atoms with Crippen molar-refractivity contribution >= 4 is 5.96 Å². The molecule has 0 saturated heterocycles. The number of ether oxygens (including phenoxy) is 1. The highest BCUT2D eigenvalue weighted by atomic mass is 16.5. The van der Waals surface area contributed by atoms with E-state index in [2.05, 4.69) is 43.3 Å². The summed E-state index contributed by atoms with van der Waals surface area (Å²) in [5.74, 6) is 1.56. The van der Waals surface area contributed by atoms with Gasteiger partial charge in [-0.2, -0.15) is 0 Å². The molecule has 1 unspecified atom stereocenters. The molecular weight excluding hydrogens is 214 g/mol. The highest BCUT2D eigenvalue weighted by Gasteiger charge is 2.01. The van der Waals surface area contributed by atoms with Crippen LogP contribution in [0.25, 0.3) is 0 Å². The summed E-state index contributed by atoms with van der Waals surface area (Å²) in [7, 11) is 1.79. The van der Waals surface area contributed by atoms with Crippen LogP contribution in [0.15, 0.2) is 4.99 Å². The SMILES string of the molecule is CCC(C)NC(=NC)NCCOCCC(C)C. The Morgan fingerprint density at radius 1 is 1.24 bits per heavy atom. The van der Waals surface area contributed by atoms with Crippen LogP contribution in [0.3, 0.4) is 0 Å². The van der Waals surface area contributed by atoms with E-state index in [0.717, 1.165) is 38.6 Å². The number of guanidine groups is 1. The van der Waals surface area contributed by atoms with Crippen molar-refractivity contribution < 1.29 is 4.74 Å². The van der Waals surface area contributed by atoms with Crippen LogP contribution in [-0.4, -0.2) is 38.8 Å². The van der Waals surface area contributed by atoms with Gasteiger partial charge >= 0.3 is 0 Å². The average molecular weight is 243 g/mol. The zero-order valence-corrected chi connectivity index (χ0v) is 12.0. The summed E-state index contributed by atoms with van der Waals surface area (Å²) in [5.41, 5.74) is 0. The van der Waals surface area contributed by atoms with E-state index in [0.29, 0.717) is 12.0 Å². The number of rotatable bonds is 8. The van der Waals surface area contributed by atoms with Crippen molar-refractivity contribution in [2.75, 3.05) is 26.8 Å². The Morgan fingerprint density at radius 2 is 1.94 bits per heavy atom. The maximum absolute atomic E-state index is 5.53. The van der Waals surface area contributed by atoms with Crippen LogP contribution < -0.4 is 10.6 Å². The van der Waals surface area contributed by atoms with Gasteiger partial charge in [0.2, 0.25) is 0 Å². The van der Waals surface area contributed by atoms with Crippen LogP contribution in [0.2, 0.25) is 0 Å². The Balaban J connectivity index is 3.51. The van der Waals surface area contributed by atoms with Crippen molar-refractivity contribution in [3.05, 3.63) is 0 Å². The smallest absolute Gasteiger partial charge is 0.191 e. The van der Waals surface area contributed by atoms with E-state index in [1.54, 1.807) is 7.05 Å². The number of hydrogen-bond acceptors (Lipinski definition) is 2. The van der Waals surface area contributed by atoms with Crippen LogP contribution >= 0.6 is 0 Å². The predicted molar refractivity (Wildman–Crippen MR) is 74.5 cm³/mol. The van der Waals surface area contributed by atoms with Gasteiger partial charge in [0.05, 0.1) is 6.61 Å². The van der Waals surface area contributed by atoms with E-state index in [4.69, 9.17) is 4.74 Å². The topological polar surface area (TPSA) is 45.7 Å². The van der Waals surface area contributed by atoms with Gasteiger partial charge in [0.25, 0.3) is 0 Å². The molecule has 0 heterocycles. The van der Waals surface area contributed by atoms with Gasteiger partial charge in [0.1, 0.15) is 0 Å². The Bertz CT molecular complexity index is 205. The maximum Gasteiger partial charge on any atom is 0.191 e. The molecule has 0 aromatic rings. The minimum absolute atomic E-state index is 0.447. The van der Waals surface area contributed by atoms with Crippen molar-refractivity contribution in [3.63, 3.8) is 0 Å². The summed E-state index contributed by atoms with van der Waals surface area (Å²) in [5, 5.41) is 6.55. The van der Waals surface area contributed by atoms with Gasteiger partial charge < -0.3 is 15.4 Å². The van der Waals surface area contributed by atoms with Crippen LogP contribution in [0.5, 0.6) is 0 Å². The lowest BCUT2D eigenvalue weighted by Gasteiger charge is -2.16. The van der Waals surface area contributed by atoms with Gasteiger partial charge in [-0.1, -0.05) is 20.8 Å². The molecule has 0 amide bonds. The number of nitrogens with one attached hydrogen (secondary N) is 2. The largest absolute Gasteiger partial charge is 0.380 e.